The molecule has 2 aromatic carbocycles. The lowest BCUT2D eigenvalue weighted by Gasteiger charge is -2.00. The van der Waals surface area contributed by atoms with Crippen molar-refractivity contribution in [3.05, 3.63) is 76.9 Å². The van der Waals surface area contributed by atoms with Crippen molar-refractivity contribution in [1.82, 2.24) is 9.78 Å². The Morgan fingerprint density at radius 2 is 1.83 bits per heavy atom. The van der Waals surface area contributed by atoms with Crippen LogP contribution in [0.25, 0.3) is 23.0 Å². The molecule has 4 nitrogen and oxygen atoms in total. The number of carbonyl (C=O) groups is 1. The molecule has 0 amide bonds. The van der Waals surface area contributed by atoms with Crippen LogP contribution < -0.4 is 0 Å². The predicted octanol–water partition coefficient (Wildman–Crippen LogP) is 4.49. The normalized spacial score (nSPS) is 10.9. The fourth-order valence-electron chi connectivity index (χ4n) is 2.28. The molecule has 1 aromatic heterocycles. The predicted molar refractivity (Wildman–Crippen MR) is 97.8 cm³/mol. The van der Waals surface area contributed by atoms with E-state index in [4.69, 9.17) is 0 Å². The number of benzene rings is 2. The minimum Gasteiger partial charge on any atom is -0.466 e. The van der Waals surface area contributed by atoms with Crippen molar-refractivity contribution in [3.8, 4) is 16.9 Å². The number of halogens is 1. The van der Waals surface area contributed by atoms with E-state index in [-0.39, 0.29) is 0 Å². The summed E-state index contributed by atoms with van der Waals surface area (Å²) in [5, 5.41) is 4.68. The van der Waals surface area contributed by atoms with Crippen molar-refractivity contribution in [3.63, 3.8) is 0 Å². The lowest BCUT2D eigenvalue weighted by atomic mass is 10.1. The second kappa shape index (κ2) is 7.27. The monoisotopic (exact) mass is 382 g/mol. The van der Waals surface area contributed by atoms with Crippen molar-refractivity contribution < 1.29 is 9.53 Å². The molecular formula is C19H15BrN2O2. The molecule has 0 unspecified atom stereocenters. The topological polar surface area (TPSA) is 44.1 Å². The highest BCUT2D eigenvalue weighted by molar-refractivity contribution is 9.10. The maximum absolute atomic E-state index is 11.4. The van der Waals surface area contributed by atoms with E-state index in [1.165, 1.54) is 13.2 Å². The third-order valence-electron chi connectivity index (χ3n) is 3.48. The molecule has 3 aromatic rings. The van der Waals surface area contributed by atoms with E-state index >= 15 is 0 Å². The summed E-state index contributed by atoms with van der Waals surface area (Å²) in [6.45, 7) is 0. The van der Waals surface area contributed by atoms with Crippen LogP contribution in [0.2, 0.25) is 0 Å². The number of ether oxygens (including phenoxy) is 1. The van der Waals surface area contributed by atoms with Gasteiger partial charge >= 0.3 is 5.97 Å². The van der Waals surface area contributed by atoms with E-state index in [1.54, 1.807) is 10.8 Å². The zero-order valence-electron chi connectivity index (χ0n) is 13.0. The van der Waals surface area contributed by atoms with Gasteiger partial charge in [-0.1, -0.05) is 46.3 Å². The van der Waals surface area contributed by atoms with Gasteiger partial charge in [0.15, 0.2) is 0 Å². The van der Waals surface area contributed by atoms with Crippen LogP contribution in [-0.4, -0.2) is 22.9 Å². The van der Waals surface area contributed by atoms with Crippen molar-refractivity contribution in [1.29, 1.82) is 0 Å². The Kier molecular flexibility index (Phi) is 4.91. The smallest absolute Gasteiger partial charge is 0.330 e. The van der Waals surface area contributed by atoms with Gasteiger partial charge < -0.3 is 4.74 Å². The number of rotatable bonds is 4. The Labute approximate surface area is 148 Å². The van der Waals surface area contributed by atoms with Gasteiger partial charge in [0, 0.05) is 27.9 Å². The Hall–Kier alpha value is -2.66. The molecule has 0 saturated carbocycles. The van der Waals surface area contributed by atoms with Gasteiger partial charge in [-0.15, -0.1) is 0 Å². The largest absolute Gasteiger partial charge is 0.466 e. The Morgan fingerprint density at radius 3 is 2.50 bits per heavy atom. The van der Waals surface area contributed by atoms with Crippen LogP contribution in [0.3, 0.4) is 0 Å². The highest BCUT2D eigenvalue weighted by Gasteiger charge is 2.11. The number of carbonyl (C=O) groups excluding carboxylic acids is 1. The molecule has 0 aliphatic heterocycles. The van der Waals surface area contributed by atoms with Crippen LogP contribution in [0, 0.1) is 0 Å². The quantitative estimate of drug-likeness (QED) is 0.493. The zero-order valence-corrected chi connectivity index (χ0v) is 14.6. The summed E-state index contributed by atoms with van der Waals surface area (Å²) in [5.41, 5.74) is 3.56. The molecule has 3 rings (SSSR count). The van der Waals surface area contributed by atoms with Crippen LogP contribution in [0.15, 0.2) is 71.3 Å². The first-order valence-corrected chi connectivity index (χ1v) is 8.14. The number of aromatic nitrogens is 2. The van der Waals surface area contributed by atoms with Gasteiger partial charge in [0.25, 0.3) is 0 Å². The maximum Gasteiger partial charge on any atom is 0.330 e. The first-order chi connectivity index (χ1) is 11.7. The molecule has 1 heterocycles. The van der Waals surface area contributed by atoms with Gasteiger partial charge in [0.1, 0.15) is 0 Å². The summed E-state index contributed by atoms with van der Waals surface area (Å²) in [4.78, 5) is 11.4. The summed E-state index contributed by atoms with van der Waals surface area (Å²) < 4.78 is 7.47. The van der Waals surface area contributed by atoms with Gasteiger partial charge in [-0.3, -0.25) is 0 Å². The van der Waals surface area contributed by atoms with Crippen LogP contribution in [0.1, 0.15) is 5.56 Å². The van der Waals surface area contributed by atoms with E-state index in [9.17, 15) is 4.79 Å². The highest BCUT2D eigenvalue weighted by atomic mass is 79.9. The van der Waals surface area contributed by atoms with Crippen molar-refractivity contribution >= 4 is 28.0 Å². The third kappa shape index (κ3) is 3.63. The van der Waals surface area contributed by atoms with E-state index in [0.29, 0.717) is 0 Å². The van der Waals surface area contributed by atoms with E-state index in [0.717, 1.165) is 27.0 Å². The van der Waals surface area contributed by atoms with Gasteiger partial charge in [0.2, 0.25) is 0 Å². The van der Waals surface area contributed by atoms with E-state index in [2.05, 4.69) is 25.8 Å². The SMILES string of the molecule is COC(=O)/C=C\c1cn(-c2ccccc2)nc1-c1ccc(Br)cc1. The van der Waals surface area contributed by atoms with Gasteiger partial charge in [0.05, 0.1) is 18.5 Å². The maximum atomic E-state index is 11.4. The molecular weight excluding hydrogens is 368 g/mol. The second-order valence-corrected chi connectivity index (χ2v) is 5.99. The molecule has 0 saturated heterocycles. The van der Waals surface area contributed by atoms with Gasteiger partial charge in [-0.25, -0.2) is 9.48 Å². The Balaban J connectivity index is 2.07. The molecule has 24 heavy (non-hydrogen) atoms. The van der Waals surface area contributed by atoms with Crippen LogP contribution >= 0.6 is 15.9 Å². The lowest BCUT2D eigenvalue weighted by molar-refractivity contribution is -0.134. The Morgan fingerprint density at radius 1 is 1.12 bits per heavy atom. The highest BCUT2D eigenvalue weighted by Crippen LogP contribution is 2.26. The van der Waals surface area contributed by atoms with E-state index < -0.39 is 5.97 Å². The first-order valence-electron chi connectivity index (χ1n) is 7.34. The number of nitrogens with zero attached hydrogens (tertiary/aromatic N) is 2. The number of methoxy groups -OCH3 is 1. The minimum absolute atomic E-state index is 0.399. The number of para-hydroxylation sites is 1. The fourth-order valence-corrected chi connectivity index (χ4v) is 2.54. The molecule has 0 radical (unpaired) electrons. The summed E-state index contributed by atoms with van der Waals surface area (Å²) in [6, 6.07) is 17.7. The van der Waals surface area contributed by atoms with Gasteiger partial charge in [-0.05, 0) is 30.3 Å². The standard InChI is InChI=1S/C19H15BrN2O2/c1-24-18(23)12-9-15-13-22(17-5-3-2-4-6-17)21-19(15)14-7-10-16(20)11-8-14/h2-13H,1H3/b12-9-. The van der Waals surface area contributed by atoms with E-state index in [1.807, 2.05) is 60.8 Å². The van der Waals surface area contributed by atoms with Crippen LogP contribution in [-0.2, 0) is 9.53 Å². The number of esters is 1. The summed E-state index contributed by atoms with van der Waals surface area (Å²) in [7, 11) is 1.36. The van der Waals surface area contributed by atoms with Crippen LogP contribution in [0.5, 0.6) is 0 Å². The van der Waals surface area contributed by atoms with Crippen LogP contribution in [0.4, 0.5) is 0 Å². The molecule has 0 aliphatic rings. The summed E-state index contributed by atoms with van der Waals surface area (Å²) >= 11 is 3.44. The molecule has 0 N–H and O–H groups in total. The zero-order chi connectivity index (χ0) is 16.9. The van der Waals surface area contributed by atoms with Gasteiger partial charge in [-0.2, -0.15) is 5.10 Å². The second-order valence-electron chi connectivity index (χ2n) is 5.08. The number of hydrogen-bond donors (Lipinski definition) is 0. The van der Waals surface area contributed by atoms with Crippen molar-refractivity contribution in [2.75, 3.05) is 7.11 Å². The molecule has 0 spiro atoms. The van der Waals surface area contributed by atoms with Crippen molar-refractivity contribution in [2.24, 2.45) is 0 Å². The molecule has 0 fully saturated rings. The molecule has 0 atom stereocenters. The summed E-state index contributed by atoms with van der Waals surface area (Å²) in [5.74, 6) is -0.399. The molecule has 120 valence electrons. The number of hydrogen-bond acceptors (Lipinski definition) is 3. The minimum atomic E-state index is -0.399. The fraction of sp³-hybridized carbons (Fsp3) is 0.0526. The average molecular weight is 383 g/mol. The Bertz CT molecular complexity index is 868. The molecule has 0 aliphatic carbocycles. The van der Waals surface area contributed by atoms with Crippen molar-refractivity contribution in [2.45, 2.75) is 0 Å². The first kappa shape index (κ1) is 16.2. The third-order valence-corrected chi connectivity index (χ3v) is 4.01. The lowest BCUT2D eigenvalue weighted by Crippen LogP contribution is -1.93. The average Bonchev–Trinajstić information content (AvgIpc) is 3.05. The molecule has 0 bridgehead atoms. The summed E-state index contributed by atoms with van der Waals surface area (Å²) in [6.07, 6.45) is 5.01. The molecule has 5 heteroatoms.